The van der Waals surface area contributed by atoms with E-state index in [1.807, 2.05) is 12.1 Å². The molecule has 2 aromatic carbocycles. The van der Waals surface area contributed by atoms with Crippen LogP contribution in [0.25, 0.3) is 10.2 Å². The number of nitrogens with one attached hydrogen (secondary N) is 1. The number of carbonyl (C=O) groups excluding carboxylic acids is 1. The monoisotopic (exact) mass is 376 g/mol. The smallest absolute Gasteiger partial charge is 0.279 e. The van der Waals surface area contributed by atoms with Crippen molar-refractivity contribution in [2.45, 2.75) is 25.3 Å². The minimum Gasteiger partial charge on any atom is -0.431 e. The third-order valence-electron chi connectivity index (χ3n) is 3.85. The molecule has 0 unspecified atom stereocenters. The summed E-state index contributed by atoms with van der Waals surface area (Å²) in [7, 11) is 0. The van der Waals surface area contributed by atoms with E-state index in [0.717, 1.165) is 23.1 Å². The highest BCUT2D eigenvalue weighted by molar-refractivity contribution is 7.20. The van der Waals surface area contributed by atoms with Crippen LogP contribution in [0.3, 0.4) is 0 Å². The molecule has 0 atom stereocenters. The molecule has 0 aliphatic heterocycles. The first-order valence-electron chi connectivity index (χ1n) is 7.88. The number of halogens is 2. The summed E-state index contributed by atoms with van der Waals surface area (Å²) in [6, 6.07) is 10.1. The highest BCUT2D eigenvalue weighted by Crippen LogP contribution is 2.33. The Hall–Kier alpha value is -2.18. The second-order valence-corrected chi connectivity index (χ2v) is 7.40. The Morgan fingerprint density at radius 3 is 2.92 bits per heavy atom. The van der Waals surface area contributed by atoms with Gasteiger partial charge in [-0.25, -0.2) is 9.37 Å². The van der Waals surface area contributed by atoms with Gasteiger partial charge in [0, 0.05) is 17.1 Å². The zero-order valence-electron chi connectivity index (χ0n) is 13.1. The van der Waals surface area contributed by atoms with Crippen molar-refractivity contribution in [3.05, 3.63) is 52.8 Å². The minimum absolute atomic E-state index is 0.0300. The Kier molecular flexibility index (Phi) is 4.31. The maximum atomic E-state index is 14.2. The van der Waals surface area contributed by atoms with E-state index in [4.69, 9.17) is 16.3 Å². The molecule has 0 saturated heterocycles. The van der Waals surface area contributed by atoms with E-state index in [-0.39, 0.29) is 18.4 Å². The number of amides is 1. The number of carbonyl (C=O) groups is 1. The molecule has 1 amide bonds. The van der Waals surface area contributed by atoms with Crippen molar-refractivity contribution < 1.29 is 13.9 Å². The van der Waals surface area contributed by atoms with Gasteiger partial charge in [0.05, 0.1) is 16.6 Å². The Bertz CT molecular complexity index is 955. The van der Waals surface area contributed by atoms with E-state index < -0.39 is 5.82 Å². The second-order valence-electron chi connectivity index (χ2n) is 5.97. The zero-order valence-corrected chi connectivity index (χ0v) is 14.7. The average Bonchev–Trinajstić information content (AvgIpc) is 3.28. The minimum atomic E-state index is -0.465. The number of aromatic nitrogens is 1. The van der Waals surface area contributed by atoms with Crippen LogP contribution in [0.5, 0.6) is 10.9 Å². The predicted octanol–water partition coefficient (Wildman–Crippen LogP) is 4.70. The highest BCUT2D eigenvalue weighted by Gasteiger charge is 2.23. The maximum Gasteiger partial charge on any atom is 0.279 e. The van der Waals surface area contributed by atoms with Crippen LogP contribution in [0.15, 0.2) is 36.4 Å². The molecule has 1 aliphatic rings. The number of ether oxygens (including phenoxy) is 1. The van der Waals surface area contributed by atoms with Gasteiger partial charge in [0.1, 0.15) is 11.6 Å². The highest BCUT2D eigenvalue weighted by atomic mass is 35.5. The molecule has 0 bridgehead atoms. The number of fused-ring (bicyclic) bond motifs is 1. The Labute approximate surface area is 152 Å². The number of rotatable bonds is 5. The molecule has 1 aromatic heterocycles. The second kappa shape index (κ2) is 6.61. The van der Waals surface area contributed by atoms with E-state index in [0.29, 0.717) is 21.5 Å². The van der Waals surface area contributed by atoms with Crippen LogP contribution in [0.4, 0.5) is 4.39 Å². The first kappa shape index (κ1) is 16.3. The van der Waals surface area contributed by atoms with Crippen LogP contribution >= 0.6 is 22.9 Å². The number of thiazole rings is 1. The van der Waals surface area contributed by atoms with E-state index in [2.05, 4.69) is 10.3 Å². The first-order chi connectivity index (χ1) is 12.1. The van der Waals surface area contributed by atoms with Crippen molar-refractivity contribution >= 4 is 39.1 Å². The number of benzene rings is 2. The van der Waals surface area contributed by atoms with Crippen LogP contribution in [-0.4, -0.2) is 16.9 Å². The summed E-state index contributed by atoms with van der Waals surface area (Å²) in [5.41, 5.74) is 1.12. The van der Waals surface area contributed by atoms with Gasteiger partial charge in [-0.2, -0.15) is 0 Å². The summed E-state index contributed by atoms with van der Waals surface area (Å²) >= 11 is 7.30. The third kappa shape index (κ3) is 3.91. The molecular weight excluding hydrogens is 363 g/mol. The van der Waals surface area contributed by atoms with Gasteiger partial charge in [0.2, 0.25) is 5.91 Å². The molecule has 1 fully saturated rings. The molecular formula is C18H14ClFN2O2S. The molecule has 3 aromatic rings. The standard InChI is InChI=1S/C18H14ClFN2O2S/c19-11-2-6-15-16(8-11)25-18(22-15)24-13-5-1-10(14(20)9-13)7-17(23)21-12-3-4-12/h1-2,5-6,8-9,12H,3-4,7H2,(H,21,23). The van der Waals surface area contributed by atoms with Gasteiger partial charge in [-0.3, -0.25) is 4.79 Å². The fourth-order valence-electron chi connectivity index (χ4n) is 2.44. The van der Waals surface area contributed by atoms with Gasteiger partial charge in [-0.1, -0.05) is 29.0 Å². The lowest BCUT2D eigenvalue weighted by atomic mass is 10.1. The van der Waals surface area contributed by atoms with Crippen molar-refractivity contribution in [1.29, 1.82) is 0 Å². The van der Waals surface area contributed by atoms with Crippen LogP contribution in [0, 0.1) is 5.82 Å². The van der Waals surface area contributed by atoms with E-state index in [1.54, 1.807) is 18.2 Å². The van der Waals surface area contributed by atoms with E-state index >= 15 is 0 Å². The fourth-order valence-corrected chi connectivity index (χ4v) is 3.55. The fraction of sp³-hybridized carbons (Fsp3) is 0.222. The molecule has 1 aliphatic carbocycles. The summed E-state index contributed by atoms with van der Waals surface area (Å²) in [5, 5.41) is 3.89. The summed E-state index contributed by atoms with van der Waals surface area (Å²) in [5.74, 6) is -0.278. The topological polar surface area (TPSA) is 51.2 Å². The van der Waals surface area contributed by atoms with Crippen LogP contribution < -0.4 is 10.1 Å². The lowest BCUT2D eigenvalue weighted by Crippen LogP contribution is -2.27. The van der Waals surface area contributed by atoms with Crippen LogP contribution in [0.1, 0.15) is 18.4 Å². The van der Waals surface area contributed by atoms with Gasteiger partial charge in [0.15, 0.2) is 0 Å². The largest absolute Gasteiger partial charge is 0.431 e. The zero-order chi connectivity index (χ0) is 17.4. The van der Waals surface area contributed by atoms with Gasteiger partial charge in [-0.15, -0.1) is 0 Å². The lowest BCUT2D eigenvalue weighted by Gasteiger charge is -2.07. The number of hydrogen-bond acceptors (Lipinski definition) is 4. The SMILES string of the molecule is O=C(Cc1ccc(Oc2nc3ccc(Cl)cc3s2)cc1F)NC1CC1. The molecule has 128 valence electrons. The molecule has 7 heteroatoms. The molecule has 1 heterocycles. The molecule has 0 radical (unpaired) electrons. The van der Waals surface area contributed by atoms with Crippen molar-refractivity contribution in [2.75, 3.05) is 0 Å². The first-order valence-corrected chi connectivity index (χ1v) is 9.08. The summed E-state index contributed by atoms with van der Waals surface area (Å²) < 4.78 is 20.8. The Balaban J connectivity index is 1.48. The van der Waals surface area contributed by atoms with E-state index in [1.165, 1.54) is 17.4 Å². The molecule has 4 nitrogen and oxygen atoms in total. The third-order valence-corrected chi connectivity index (χ3v) is 4.99. The van der Waals surface area contributed by atoms with Crippen molar-refractivity contribution in [3.63, 3.8) is 0 Å². The lowest BCUT2D eigenvalue weighted by molar-refractivity contribution is -0.120. The molecule has 4 rings (SSSR count). The van der Waals surface area contributed by atoms with Gasteiger partial charge < -0.3 is 10.1 Å². The van der Waals surface area contributed by atoms with Crippen LogP contribution in [-0.2, 0) is 11.2 Å². The molecule has 0 spiro atoms. The Morgan fingerprint density at radius 1 is 1.32 bits per heavy atom. The van der Waals surface area contributed by atoms with Crippen molar-refractivity contribution in [3.8, 4) is 10.9 Å². The normalized spacial score (nSPS) is 13.8. The summed E-state index contributed by atoms with van der Waals surface area (Å²) in [6.45, 7) is 0. The number of nitrogens with zero attached hydrogens (tertiary/aromatic N) is 1. The van der Waals surface area contributed by atoms with Crippen molar-refractivity contribution in [2.24, 2.45) is 0 Å². The van der Waals surface area contributed by atoms with E-state index in [9.17, 15) is 9.18 Å². The molecule has 25 heavy (non-hydrogen) atoms. The number of hydrogen-bond donors (Lipinski definition) is 1. The summed E-state index contributed by atoms with van der Waals surface area (Å²) in [6.07, 6.45) is 2.05. The van der Waals surface area contributed by atoms with Crippen LogP contribution in [0.2, 0.25) is 5.02 Å². The van der Waals surface area contributed by atoms with Gasteiger partial charge in [-0.05, 0) is 42.7 Å². The maximum absolute atomic E-state index is 14.2. The molecule has 1 saturated carbocycles. The average molecular weight is 377 g/mol. The quantitative estimate of drug-likeness (QED) is 0.702. The predicted molar refractivity (Wildman–Crippen MR) is 96.0 cm³/mol. The molecule has 1 N–H and O–H groups in total. The van der Waals surface area contributed by atoms with Crippen molar-refractivity contribution in [1.82, 2.24) is 10.3 Å². The Morgan fingerprint density at radius 2 is 2.16 bits per heavy atom. The summed E-state index contributed by atoms with van der Waals surface area (Å²) in [4.78, 5) is 16.1. The van der Waals surface area contributed by atoms with Gasteiger partial charge >= 0.3 is 0 Å². The van der Waals surface area contributed by atoms with Gasteiger partial charge in [0.25, 0.3) is 5.19 Å².